The zero-order chi connectivity index (χ0) is 9.14. The van der Waals surface area contributed by atoms with Crippen LogP contribution >= 0.6 is 11.6 Å². The third-order valence-corrected chi connectivity index (χ3v) is 1.56. The van der Waals surface area contributed by atoms with Gasteiger partial charge in [-0.05, 0) is 6.92 Å². The van der Waals surface area contributed by atoms with Crippen molar-refractivity contribution in [1.29, 1.82) is 0 Å². The lowest BCUT2D eigenvalue weighted by molar-refractivity contribution is 0.0526. The van der Waals surface area contributed by atoms with Crippen LogP contribution in [-0.4, -0.2) is 22.4 Å². The molecule has 0 atom stereocenters. The van der Waals surface area contributed by atoms with Crippen LogP contribution in [0.5, 0.6) is 0 Å². The fourth-order valence-electron chi connectivity index (χ4n) is 0.807. The smallest absolute Gasteiger partial charge is 0.342 e. The Morgan fingerprint density at radius 3 is 2.92 bits per heavy atom. The number of carbonyl (C=O) groups excluding carboxylic acids is 1. The lowest BCUT2D eigenvalue weighted by Crippen LogP contribution is -2.03. The molecule has 12 heavy (non-hydrogen) atoms. The number of nitrogens with zero attached hydrogens (tertiary/aromatic N) is 2. The van der Waals surface area contributed by atoms with Gasteiger partial charge in [0.15, 0.2) is 5.15 Å². The molecule has 0 amide bonds. The van der Waals surface area contributed by atoms with E-state index in [4.69, 9.17) is 16.3 Å². The molecule has 0 bridgehead atoms. The monoisotopic (exact) mass is 188 g/mol. The summed E-state index contributed by atoms with van der Waals surface area (Å²) < 4.78 is 6.21. The molecule has 0 N–H and O–H groups in total. The Labute approximate surface area is 75.1 Å². The van der Waals surface area contributed by atoms with Crippen LogP contribution in [0.2, 0.25) is 5.15 Å². The highest BCUT2D eigenvalue weighted by atomic mass is 35.5. The van der Waals surface area contributed by atoms with Crippen LogP contribution < -0.4 is 0 Å². The highest BCUT2D eigenvalue weighted by molar-refractivity contribution is 6.32. The number of rotatable bonds is 2. The molecule has 0 saturated heterocycles. The molecule has 5 heteroatoms. The molecule has 0 spiro atoms. The molecular formula is C7H9ClN2O2. The molecular weight excluding hydrogens is 180 g/mol. The number of hydrogen-bond donors (Lipinski definition) is 0. The van der Waals surface area contributed by atoms with E-state index in [2.05, 4.69) is 5.10 Å². The van der Waals surface area contributed by atoms with Crippen molar-refractivity contribution in [1.82, 2.24) is 9.78 Å². The molecule has 0 radical (unpaired) electrons. The molecule has 0 unspecified atom stereocenters. The van der Waals surface area contributed by atoms with E-state index >= 15 is 0 Å². The van der Waals surface area contributed by atoms with Crippen LogP contribution in [0, 0.1) is 0 Å². The van der Waals surface area contributed by atoms with Gasteiger partial charge in [-0.2, -0.15) is 5.10 Å². The number of hydrogen-bond acceptors (Lipinski definition) is 3. The molecule has 4 nitrogen and oxygen atoms in total. The molecule has 1 aromatic heterocycles. The van der Waals surface area contributed by atoms with Crippen LogP contribution in [-0.2, 0) is 11.8 Å². The summed E-state index contributed by atoms with van der Waals surface area (Å²) in [5.41, 5.74) is 0.306. The molecule has 0 aliphatic carbocycles. The van der Waals surface area contributed by atoms with Gasteiger partial charge in [0.2, 0.25) is 0 Å². The minimum Gasteiger partial charge on any atom is -0.462 e. The second-order valence-corrected chi connectivity index (χ2v) is 2.59. The van der Waals surface area contributed by atoms with Crippen molar-refractivity contribution in [2.45, 2.75) is 6.92 Å². The number of aromatic nitrogens is 2. The van der Waals surface area contributed by atoms with E-state index < -0.39 is 5.97 Å². The lowest BCUT2D eigenvalue weighted by Gasteiger charge is -1.96. The molecule has 0 aromatic carbocycles. The molecule has 1 aromatic rings. The second-order valence-electron chi connectivity index (χ2n) is 2.23. The Hall–Kier alpha value is -1.03. The van der Waals surface area contributed by atoms with Crippen LogP contribution in [0.4, 0.5) is 0 Å². The lowest BCUT2D eigenvalue weighted by atomic mass is 10.4. The summed E-state index contributed by atoms with van der Waals surface area (Å²) in [4.78, 5) is 11.1. The number of aryl methyl sites for hydroxylation is 1. The first-order chi connectivity index (χ1) is 5.65. The van der Waals surface area contributed by atoms with Gasteiger partial charge in [0, 0.05) is 13.2 Å². The molecule has 0 saturated carbocycles. The van der Waals surface area contributed by atoms with Crippen molar-refractivity contribution in [3.8, 4) is 0 Å². The van der Waals surface area contributed by atoms with Crippen molar-refractivity contribution in [2.75, 3.05) is 6.61 Å². The van der Waals surface area contributed by atoms with Crippen molar-refractivity contribution < 1.29 is 9.53 Å². The molecule has 66 valence electrons. The number of halogens is 1. The molecule has 0 fully saturated rings. The highest BCUT2D eigenvalue weighted by Crippen LogP contribution is 2.13. The topological polar surface area (TPSA) is 44.1 Å². The Morgan fingerprint density at radius 1 is 1.83 bits per heavy atom. The zero-order valence-electron chi connectivity index (χ0n) is 6.87. The standard InChI is InChI=1S/C7H9ClN2O2/c1-3-12-7(11)5-4-10(2)9-6(5)8/h4H,3H2,1-2H3. The maximum Gasteiger partial charge on any atom is 0.342 e. The van der Waals surface area contributed by atoms with E-state index in [1.165, 1.54) is 10.9 Å². The molecule has 1 heterocycles. The van der Waals surface area contributed by atoms with Crippen molar-refractivity contribution in [3.63, 3.8) is 0 Å². The van der Waals surface area contributed by atoms with Gasteiger partial charge < -0.3 is 4.74 Å². The minimum atomic E-state index is -0.435. The molecule has 0 aliphatic heterocycles. The summed E-state index contributed by atoms with van der Waals surface area (Å²) in [6.07, 6.45) is 1.53. The SMILES string of the molecule is CCOC(=O)c1cn(C)nc1Cl. The minimum absolute atomic E-state index is 0.177. The first kappa shape index (κ1) is 9.06. The first-order valence-electron chi connectivity index (χ1n) is 3.51. The van der Waals surface area contributed by atoms with Gasteiger partial charge in [0.25, 0.3) is 0 Å². The fourth-order valence-corrected chi connectivity index (χ4v) is 1.05. The van der Waals surface area contributed by atoms with E-state index in [0.717, 1.165) is 0 Å². The maximum absolute atomic E-state index is 11.1. The predicted octanol–water partition coefficient (Wildman–Crippen LogP) is 1.25. The summed E-state index contributed by atoms with van der Waals surface area (Å²) in [5, 5.41) is 3.97. The average molecular weight is 189 g/mol. The van der Waals surface area contributed by atoms with Gasteiger partial charge >= 0.3 is 5.97 Å². The third-order valence-electron chi connectivity index (χ3n) is 1.28. The average Bonchev–Trinajstić information content (AvgIpc) is 2.30. The third kappa shape index (κ3) is 1.76. The normalized spacial score (nSPS) is 9.92. The van der Waals surface area contributed by atoms with Crippen molar-refractivity contribution in [3.05, 3.63) is 16.9 Å². The van der Waals surface area contributed by atoms with Crippen molar-refractivity contribution in [2.24, 2.45) is 7.05 Å². The van der Waals surface area contributed by atoms with Gasteiger partial charge in [-0.15, -0.1) is 0 Å². The largest absolute Gasteiger partial charge is 0.462 e. The van der Waals surface area contributed by atoms with Crippen LogP contribution in [0.25, 0.3) is 0 Å². The van der Waals surface area contributed by atoms with E-state index in [1.807, 2.05) is 0 Å². The van der Waals surface area contributed by atoms with Gasteiger partial charge in [-0.3, -0.25) is 4.68 Å². The summed E-state index contributed by atoms with van der Waals surface area (Å²) >= 11 is 5.64. The van der Waals surface area contributed by atoms with Gasteiger partial charge in [-0.25, -0.2) is 4.79 Å². The highest BCUT2D eigenvalue weighted by Gasteiger charge is 2.14. The van der Waals surface area contributed by atoms with Gasteiger partial charge in [0.05, 0.1) is 6.61 Å². The Kier molecular flexibility index (Phi) is 2.70. The second kappa shape index (κ2) is 3.58. The predicted molar refractivity (Wildman–Crippen MR) is 44.2 cm³/mol. The summed E-state index contributed by atoms with van der Waals surface area (Å²) in [5.74, 6) is -0.435. The Bertz CT molecular complexity index is 296. The van der Waals surface area contributed by atoms with Crippen LogP contribution in [0.15, 0.2) is 6.20 Å². The zero-order valence-corrected chi connectivity index (χ0v) is 7.63. The Balaban J connectivity index is 2.87. The number of carbonyl (C=O) groups is 1. The van der Waals surface area contributed by atoms with Crippen LogP contribution in [0.1, 0.15) is 17.3 Å². The van der Waals surface area contributed by atoms with E-state index in [0.29, 0.717) is 12.2 Å². The van der Waals surface area contributed by atoms with E-state index in [1.54, 1.807) is 14.0 Å². The van der Waals surface area contributed by atoms with Crippen LogP contribution in [0.3, 0.4) is 0 Å². The van der Waals surface area contributed by atoms with Gasteiger partial charge in [0.1, 0.15) is 5.56 Å². The fraction of sp³-hybridized carbons (Fsp3) is 0.429. The molecule has 0 aliphatic rings. The number of ether oxygens (including phenoxy) is 1. The van der Waals surface area contributed by atoms with E-state index in [9.17, 15) is 4.79 Å². The molecule has 1 rings (SSSR count). The Morgan fingerprint density at radius 2 is 2.50 bits per heavy atom. The quantitative estimate of drug-likeness (QED) is 0.657. The summed E-state index contributed by atoms with van der Waals surface area (Å²) in [7, 11) is 1.69. The summed E-state index contributed by atoms with van der Waals surface area (Å²) in [6.45, 7) is 2.08. The van der Waals surface area contributed by atoms with Gasteiger partial charge in [-0.1, -0.05) is 11.6 Å². The maximum atomic E-state index is 11.1. The number of esters is 1. The van der Waals surface area contributed by atoms with Crippen molar-refractivity contribution >= 4 is 17.6 Å². The summed E-state index contributed by atoms with van der Waals surface area (Å²) in [6, 6.07) is 0. The first-order valence-corrected chi connectivity index (χ1v) is 3.89. The van der Waals surface area contributed by atoms with E-state index in [-0.39, 0.29) is 5.15 Å².